The minimum atomic E-state index is -3.69. The monoisotopic (exact) mass is 472 g/mol. The number of ether oxygens (including phenoxy) is 1. The van der Waals surface area contributed by atoms with Crippen molar-refractivity contribution in [3.8, 4) is 16.9 Å². The van der Waals surface area contributed by atoms with E-state index in [1.807, 2.05) is 6.20 Å². The number of aromatic nitrogens is 3. The topological polar surface area (TPSA) is 100 Å². The lowest BCUT2D eigenvalue weighted by atomic mass is 10.1. The maximum atomic E-state index is 12.9. The number of halogens is 3. The molecule has 0 amide bonds. The Morgan fingerprint density at radius 1 is 1.15 bits per heavy atom. The van der Waals surface area contributed by atoms with E-state index >= 15 is 0 Å². The number of rotatable bonds is 5. The van der Waals surface area contributed by atoms with Crippen molar-refractivity contribution in [3.63, 3.8) is 0 Å². The van der Waals surface area contributed by atoms with Gasteiger partial charge in [-0.05, 0) is 23.8 Å². The van der Waals surface area contributed by atoms with Gasteiger partial charge in [0, 0.05) is 25.4 Å². The van der Waals surface area contributed by atoms with Crippen molar-refractivity contribution in [1.29, 1.82) is 0 Å². The molecule has 0 aliphatic heterocycles. The van der Waals surface area contributed by atoms with E-state index in [2.05, 4.69) is 10.1 Å². The molecule has 12 heteroatoms. The van der Waals surface area contributed by atoms with Gasteiger partial charge in [0.1, 0.15) is 15.0 Å². The average Bonchev–Trinajstić information content (AvgIpc) is 3.23. The van der Waals surface area contributed by atoms with E-state index in [0.29, 0.717) is 16.3 Å². The van der Waals surface area contributed by atoms with Gasteiger partial charge in [-0.2, -0.15) is 5.10 Å². The highest BCUT2D eigenvalue weighted by atomic mass is 35.5. The van der Waals surface area contributed by atoms with Crippen LogP contribution >= 0.6 is 48.6 Å². The van der Waals surface area contributed by atoms with Crippen molar-refractivity contribution in [2.24, 2.45) is 12.8 Å². The van der Waals surface area contributed by atoms with E-state index < -0.39 is 9.84 Å². The fraction of sp³-hybridized carbons (Fsp3) is 0.200. The number of hydrogen-bond donors (Lipinski definition) is 1. The third kappa shape index (κ3) is 5.34. The van der Waals surface area contributed by atoms with E-state index in [1.165, 1.54) is 19.4 Å². The summed E-state index contributed by atoms with van der Waals surface area (Å²) in [5, 5.41) is 4.69. The van der Waals surface area contributed by atoms with E-state index in [0.717, 1.165) is 16.9 Å². The van der Waals surface area contributed by atoms with Gasteiger partial charge >= 0.3 is 0 Å². The number of nitrogens with two attached hydrogens (primary N) is 1. The maximum Gasteiger partial charge on any atom is 0.217 e. The zero-order valence-electron chi connectivity index (χ0n) is 14.4. The van der Waals surface area contributed by atoms with E-state index in [1.54, 1.807) is 30.1 Å². The van der Waals surface area contributed by atoms with Gasteiger partial charge in [-0.1, -0.05) is 0 Å². The first kappa shape index (κ1) is 25.6. The highest BCUT2D eigenvalue weighted by Gasteiger charge is 2.22. The van der Waals surface area contributed by atoms with Gasteiger partial charge < -0.3 is 10.5 Å². The molecule has 0 saturated carbocycles. The minimum Gasteiger partial charge on any atom is -0.497 e. The van der Waals surface area contributed by atoms with Gasteiger partial charge in [0.15, 0.2) is 0 Å². The maximum absolute atomic E-state index is 12.9. The van der Waals surface area contributed by atoms with E-state index in [-0.39, 0.29) is 52.9 Å². The molecular formula is C15H19Cl3N4O3S2. The number of benzene rings is 1. The van der Waals surface area contributed by atoms with Crippen LogP contribution in [-0.2, 0) is 23.4 Å². The number of hydrogen-bond acceptors (Lipinski definition) is 7. The summed E-state index contributed by atoms with van der Waals surface area (Å²) in [5.41, 5.74) is 7.03. The third-order valence-corrected chi connectivity index (χ3v) is 6.65. The van der Waals surface area contributed by atoms with Crippen LogP contribution in [0.1, 0.15) is 5.01 Å². The normalized spacial score (nSPS) is 10.3. The van der Waals surface area contributed by atoms with Crippen molar-refractivity contribution in [2.75, 3.05) is 7.11 Å². The Bertz CT molecular complexity index is 990. The molecular weight excluding hydrogens is 455 g/mol. The summed E-state index contributed by atoms with van der Waals surface area (Å²) in [6.07, 6.45) is 4.82. The number of nitrogens with zero attached hydrogens (tertiary/aromatic N) is 3. The van der Waals surface area contributed by atoms with E-state index in [9.17, 15) is 8.42 Å². The van der Waals surface area contributed by atoms with Crippen molar-refractivity contribution >= 4 is 58.4 Å². The largest absolute Gasteiger partial charge is 0.497 e. The second-order valence-electron chi connectivity index (χ2n) is 5.08. The number of thiazole rings is 1. The fourth-order valence-corrected chi connectivity index (χ4v) is 4.73. The molecule has 0 radical (unpaired) electrons. The van der Waals surface area contributed by atoms with Crippen LogP contribution in [0, 0.1) is 0 Å². The molecule has 3 aromatic rings. The lowest BCUT2D eigenvalue weighted by Crippen LogP contribution is -2.01. The summed E-state index contributed by atoms with van der Waals surface area (Å²) in [6.45, 7) is 0.208. The summed E-state index contributed by atoms with van der Waals surface area (Å²) in [5.74, 6) is 0.457. The van der Waals surface area contributed by atoms with Crippen LogP contribution in [0.4, 0.5) is 0 Å². The second-order valence-corrected chi connectivity index (χ2v) is 8.37. The second kappa shape index (κ2) is 10.3. The summed E-state index contributed by atoms with van der Waals surface area (Å²) < 4.78 is 32.8. The zero-order chi connectivity index (χ0) is 17.3. The molecule has 7 nitrogen and oxygen atoms in total. The Balaban J connectivity index is 0.00000225. The van der Waals surface area contributed by atoms with Crippen LogP contribution in [0.15, 0.2) is 45.9 Å². The van der Waals surface area contributed by atoms with Crippen LogP contribution < -0.4 is 10.5 Å². The van der Waals surface area contributed by atoms with Gasteiger partial charge in [-0.15, -0.1) is 48.6 Å². The van der Waals surface area contributed by atoms with Crippen LogP contribution in [0.3, 0.4) is 0 Å². The van der Waals surface area contributed by atoms with Crippen LogP contribution in [-0.4, -0.2) is 30.3 Å². The smallest absolute Gasteiger partial charge is 0.217 e. The van der Waals surface area contributed by atoms with Gasteiger partial charge in [0.2, 0.25) is 9.84 Å². The van der Waals surface area contributed by atoms with Crippen LogP contribution in [0.2, 0.25) is 0 Å². The lowest BCUT2D eigenvalue weighted by molar-refractivity contribution is 0.413. The molecule has 0 fully saturated rings. The molecule has 27 heavy (non-hydrogen) atoms. The fourth-order valence-electron chi connectivity index (χ4n) is 2.21. The molecule has 1 aromatic carbocycles. The first-order valence-corrected chi connectivity index (χ1v) is 9.32. The first-order chi connectivity index (χ1) is 11.4. The molecule has 0 bridgehead atoms. The van der Waals surface area contributed by atoms with Crippen molar-refractivity contribution in [1.82, 2.24) is 14.8 Å². The van der Waals surface area contributed by atoms with Crippen LogP contribution in [0.5, 0.6) is 5.75 Å². The molecule has 3 rings (SSSR count). The van der Waals surface area contributed by atoms with E-state index in [4.69, 9.17) is 10.5 Å². The van der Waals surface area contributed by atoms with Crippen LogP contribution in [0.25, 0.3) is 11.1 Å². The summed E-state index contributed by atoms with van der Waals surface area (Å²) in [7, 11) is -0.395. The molecule has 2 N–H and O–H groups in total. The molecule has 2 aromatic heterocycles. The highest BCUT2D eigenvalue weighted by Crippen LogP contribution is 2.32. The SMILES string of the molecule is COc1cc(-c2cnn(C)c2)cc(S(=O)(=O)c2cnc(CN)s2)c1.Cl.Cl.Cl. The Kier molecular flexibility index (Phi) is 9.74. The van der Waals surface area contributed by atoms with Gasteiger partial charge in [0.05, 0.1) is 24.4 Å². The third-order valence-electron chi connectivity index (χ3n) is 3.44. The Labute approximate surface area is 180 Å². The molecule has 0 atom stereocenters. The molecule has 0 spiro atoms. The van der Waals surface area contributed by atoms with Gasteiger partial charge in [-0.25, -0.2) is 13.4 Å². The Hall–Kier alpha value is -1.36. The molecule has 0 saturated heterocycles. The first-order valence-electron chi connectivity index (χ1n) is 7.02. The molecule has 0 unspecified atom stereocenters. The molecule has 2 heterocycles. The number of aryl methyl sites for hydroxylation is 1. The predicted octanol–water partition coefficient (Wildman–Crippen LogP) is 3.11. The molecule has 0 aliphatic carbocycles. The molecule has 0 aliphatic rings. The average molecular weight is 474 g/mol. The van der Waals surface area contributed by atoms with Crippen molar-refractivity contribution < 1.29 is 13.2 Å². The summed E-state index contributed by atoms with van der Waals surface area (Å²) in [6, 6.07) is 4.88. The highest BCUT2D eigenvalue weighted by molar-refractivity contribution is 7.93. The van der Waals surface area contributed by atoms with Crippen molar-refractivity contribution in [2.45, 2.75) is 15.6 Å². The van der Waals surface area contributed by atoms with Gasteiger partial charge in [0.25, 0.3) is 0 Å². The molecule has 150 valence electrons. The van der Waals surface area contributed by atoms with Crippen molar-refractivity contribution in [3.05, 3.63) is 41.8 Å². The summed E-state index contributed by atoms with van der Waals surface area (Å²) in [4.78, 5) is 4.17. The quantitative estimate of drug-likeness (QED) is 0.611. The number of sulfone groups is 1. The Morgan fingerprint density at radius 2 is 1.85 bits per heavy atom. The minimum absolute atomic E-state index is 0. The predicted molar refractivity (Wildman–Crippen MR) is 112 cm³/mol. The standard InChI is InChI=1S/C15H16N4O3S2.3ClH/c1-19-9-11(7-18-19)10-3-12(22-2)5-13(4-10)24(20,21)15-8-17-14(6-16)23-15;;;/h3-5,7-9H,6,16H2,1-2H3;3*1H. The summed E-state index contributed by atoms with van der Waals surface area (Å²) >= 11 is 1.07. The van der Waals surface area contributed by atoms with Gasteiger partial charge in [-0.3, -0.25) is 4.68 Å². The lowest BCUT2D eigenvalue weighted by Gasteiger charge is -2.08. The zero-order valence-corrected chi connectivity index (χ0v) is 18.4. The number of methoxy groups -OCH3 is 1. The Morgan fingerprint density at radius 3 is 2.37 bits per heavy atom.